The quantitative estimate of drug-likeness (QED) is 0.118. The third-order valence-electron chi connectivity index (χ3n) is 6.89. The summed E-state index contributed by atoms with van der Waals surface area (Å²) in [5.74, 6) is -1.45. The predicted molar refractivity (Wildman–Crippen MR) is 146 cm³/mol. The zero-order valence-electron chi connectivity index (χ0n) is 22.9. The van der Waals surface area contributed by atoms with Crippen molar-refractivity contribution in [2.45, 2.75) is 155 Å². The van der Waals surface area contributed by atoms with Crippen molar-refractivity contribution in [3.63, 3.8) is 0 Å². The maximum absolute atomic E-state index is 14.1. The van der Waals surface area contributed by atoms with E-state index < -0.39 is 11.7 Å². The van der Waals surface area contributed by atoms with E-state index in [1.165, 1.54) is 89.5 Å². The lowest BCUT2D eigenvalue weighted by molar-refractivity contribution is -0.120. The highest BCUT2D eigenvalue weighted by molar-refractivity contribution is 5.94. The molecule has 0 aliphatic heterocycles. The van der Waals surface area contributed by atoms with Crippen molar-refractivity contribution in [2.75, 3.05) is 0 Å². The predicted octanol–water partition coefficient (Wildman–Crippen LogP) is 8.22. The monoisotopic (exact) mass is 492 g/mol. The number of amides is 2. The highest BCUT2D eigenvalue weighted by Crippen LogP contribution is 2.22. The van der Waals surface area contributed by atoms with Crippen LogP contribution in [-0.2, 0) is 9.59 Å². The number of carbonyl (C=O) groups is 2. The Labute approximate surface area is 215 Å². The zero-order chi connectivity index (χ0) is 25.7. The van der Waals surface area contributed by atoms with E-state index in [0.29, 0.717) is 12.8 Å². The number of unbranched alkanes of at least 4 members (excludes halogenated alkanes) is 16. The third-order valence-corrected chi connectivity index (χ3v) is 6.89. The number of hydrogen-bond acceptors (Lipinski definition) is 2. The van der Waals surface area contributed by atoms with Crippen molar-refractivity contribution < 1.29 is 14.0 Å². The van der Waals surface area contributed by atoms with Crippen LogP contribution in [0.3, 0.4) is 0 Å². The summed E-state index contributed by atoms with van der Waals surface area (Å²) in [6.45, 7) is 6.29. The second-order valence-corrected chi connectivity index (χ2v) is 10.4. The van der Waals surface area contributed by atoms with Gasteiger partial charge in [-0.3, -0.25) is 9.59 Å². The van der Waals surface area contributed by atoms with Crippen LogP contribution in [-0.4, -0.2) is 23.9 Å². The largest absolute Gasteiger partial charge is 0.347 e. The summed E-state index contributed by atoms with van der Waals surface area (Å²) in [5.41, 5.74) is 0.723. The van der Waals surface area contributed by atoms with E-state index in [2.05, 4.69) is 24.5 Å². The highest BCUT2D eigenvalue weighted by atomic mass is 19.1. The molecule has 1 aliphatic carbocycles. The summed E-state index contributed by atoms with van der Waals surface area (Å²) in [6.07, 6.45) is 25.4. The molecule has 1 saturated carbocycles. The molecule has 2 unspecified atom stereocenters. The molecule has 0 aromatic rings. The van der Waals surface area contributed by atoms with E-state index >= 15 is 0 Å². The zero-order valence-corrected chi connectivity index (χ0v) is 22.9. The van der Waals surface area contributed by atoms with E-state index in [0.717, 1.165) is 31.3 Å². The summed E-state index contributed by atoms with van der Waals surface area (Å²) in [4.78, 5) is 24.4. The van der Waals surface area contributed by atoms with Crippen molar-refractivity contribution in [2.24, 2.45) is 0 Å². The molecular weight excluding hydrogens is 439 g/mol. The van der Waals surface area contributed by atoms with Crippen LogP contribution in [0.4, 0.5) is 4.39 Å². The minimum absolute atomic E-state index is 0.0861. The molecule has 202 valence electrons. The number of carbonyl (C=O) groups excluding carboxylic acids is 2. The van der Waals surface area contributed by atoms with Gasteiger partial charge in [-0.1, -0.05) is 110 Å². The summed E-state index contributed by atoms with van der Waals surface area (Å²) >= 11 is 0. The molecular formula is C30H53FN2O2. The lowest BCUT2D eigenvalue weighted by atomic mass is 10.1. The Morgan fingerprint density at radius 2 is 1.06 bits per heavy atom. The van der Waals surface area contributed by atoms with E-state index in [1.807, 2.05) is 13.0 Å². The average molecular weight is 493 g/mol. The number of rotatable bonds is 22. The van der Waals surface area contributed by atoms with E-state index in [4.69, 9.17) is 0 Å². The first kappa shape index (κ1) is 31.4. The Kier molecular flexibility index (Phi) is 18.4. The number of allylic oxidation sites excluding steroid dienone is 2. The van der Waals surface area contributed by atoms with Crippen molar-refractivity contribution >= 4 is 11.8 Å². The van der Waals surface area contributed by atoms with E-state index in [9.17, 15) is 14.0 Å². The second kappa shape index (κ2) is 20.5. The van der Waals surface area contributed by atoms with E-state index in [1.54, 1.807) is 0 Å². The summed E-state index contributed by atoms with van der Waals surface area (Å²) in [6, 6.07) is -0.271. The van der Waals surface area contributed by atoms with Crippen molar-refractivity contribution in [1.29, 1.82) is 0 Å². The Hall–Kier alpha value is -1.65. The summed E-state index contributed by atoms with van der Waals surface area (Å²) < 4.78 is 14.1. The topological polar surface area (TPSA) is 58.2 Å². The van der Waals surface area contributed by atoms with Crippen molar-refractivity contribution in [3.8, 4) is 0 Å². The van der Waals surface area contributed by atoms with Crippen LogP contribution >= 0.6 is 0 Å². The van der Waals surface area contributed by atoms with Gasteiger partial charge >= 0.3 is 0 Å². The summed E-state index contributed by atoms with van der Waals surface area (Å²) in [7, 11) is 0. The first-order valence-corrected chi connectivity index (χ1v) is 14.6. The van der Waals surface area contributed by atoms with Gasteiger partial charge in [0.25, 0.3) is 5.91 Å². The fraction of sp³-hybridized carbons (Fsp3) is 0.800. The Balaban J connectivity index is 2.10. The van der Waals surface area contributed by atoms with Gasteiger partial charge in [0, 0.05) is 5.57 Å². The van der Waals surface area contributed by atoms with Gasteiger partial charge in [-0.25, -0.2) is 4.39 Å². The Bertz CT molecular complexity index is 590. The Morgan fingerprint density at radius 3 is 1.54 bits per heavy atom. The maximum atomic E-state index is 14.1. The molecule has 1 rings (SSSR count). The first-order chi connectivity index (χ1) is 17.0. The van der Waals surface area contributed by atoms with Gasteiger partial charge in [-0.2, -0.15) is 0 Å². The van der Waals surface area contributed by atoms with Gasteiger partial charge < -0.3 is 10.6 Å². The van der Waals surface area contributed by atoms with E-state index in [-0.39, 0.29) is 18.0 Å². The molecule has 0 aromatic heterocycles. The molecule has 0 radical (unpaired) electrons. The second-order valence-electron chi connectivity index (χ2n) is 10.4. The molecule has 0 bridgehead atoms. The number of halogens is 1. The van der Waals surface area contributed by atoms with Gasteiger partial charge in [0.05, 0.1) is 12.1 Å². The molecule has 0 saturated heterocycles. The maximum Gasteiger partial charge on any atom is 0.279 e. The normalized spacial score (nSPS) is 17.9. The summed E-state index contributed by atoms with van der Waals surface area (Å²) in [5, 5.41) is 5.65. The standard InChI is InChI=1S/C30H53FN2O2/c1-4-6-8-10-12-14-16-18-20-22-25(3)29(34)32-27-24-28(27)33-30(35)26(31)23-21-19-17-15-13-11-9-7-5-2/h22-23,27-28H,4-21,24H2,1-3H3,(H,32,34)(H,33,35). The smallest absolute Gasteiger partial charge is 0.279 e. The van der Waals surface area contributed by atoms with Gasteiger partial charge in [0.2, 0.25) is 5.91 Å². The molecule has 1 fully saturated rings. The minimum Gasteiger partial charge on any atom is -0.347 e. The molecule has 0 aromatic carbocycles. The van der Waals surface area contributed by atoms with Crippen LogP contribution in [0.25, 0.3) is 0 Å². The van der Waals surface area contributed by atoms with Crippen LogP contribution in [0, 0.1) is 0 Å². The molecule has 1 aliphatic rings. The molecule has 0 heterocycles. The van der Waals surface area contributed by atoms with Crippen molar-refractivity contribution in [3.05, 3.63) is 23.6 Å². The first-order valence-electron chi connectivity index (χ1n) is 14.6. The van der Waals surface area contributed by atoms with Crippen LogP contribution < -0.4 is 10.6 Å². The van der Waals surface area contributed by atoms with Crippen LogP contribution in [0.1, 0.15) is 143 Å². The van der Waals surface area contributed by atoms with Gasteiger partial charge in [0.1, 0.15) is 0 Å². The fourth-order valence-electron chi connectivity index (χ4n) is 4.32. The number of hydrogen-bond donors (Lipinski definition) is 2. The fourth-order valence-corrected chi connectivity index (χ4v) is 4.32. The van der Waals surface area contributed by atoms with Crippen molar-refractivity contribution in [1.82, 2.24) is 10.6 Å². The lowest BCUT2D eigenvalue weighted by Gasteiger charge is -2.06. The highest BCUT2D eigenvalue weighted by Gasteiger charge is 2.40. The number of nitrogens with one attached hydrogen (secondary N) is 2. The van der Waals surface area contributed by atoms with Crippen LogP contribution in [0.5, 0.6) is 0 Å². The molecule has 0 spiro atoms. The lowest BCUT2D eigenvalue weighted by Crippen LogP contribution is -2.35. The molecule has 5 heteroatoms. The van der Waals surface area contributed by atoms with Gasteiger partial charge in [-0.05, 0) is 45.1 Å². The molecule has 2 atom stereocenters. The molecule has 2 N–H and O–H groups in total. The van der Waals surface area contributed by atoms with Crippen LogP contribution in [0.15, 0.2) is 23.6 Å². The molecule has 4 nitrogen and oxygen atoms in total. The average Bonchev–Trinajstić information content (AvgIpc) is 3.58. The third kappa shape index (κ3) is 16.6. The SMILES string of the molecule is CCCCCCCCCCC=C(C)C(=O)NC1CC1NC(=O)C(F)=CCCCCCCCCCC. The molecule has 2 amide bonds. The van der Waals surface area contributed by atoms with Gasteiger partial charge in [-0.15, -0.1) is 0 Å². The van der Waals surface area contributed by atoms with Gasteiger partial charge in [0.15, 0.2) is 5.83 Å². The molecule has 35 heavy (non-hydrogen) atoms. The van der Waals surface area contributed by atoms with Crippen LogP contribution in [0.2, 0.25) is 0 Å². The Morgan fingerprint density at radius 1 is 0.657 bits per heavy atom. The minimum atomic E-state index is -0.702.